The molecule has 1 aromatic rings. The lowest BCUT2D eigenvalue weighted by molar-refractivity contribution is -0.130. The molecule has 0 aliphatic carbocycles. The first kappa shape index (κ1) is 11.4. The van der Waals surface area contributed by atoms with E-state index in [1.807, 2.05) is 24.3 Å². The maximum atomic E-state index is 11.9. The normalized spacial score (nSPS) is 20.9. The lowest BCUT2D eigenvalue weighted by atomic mass is 10.2. The Morgan fingerprint density at radius 1 is 1.31 bits per heavy atom. The van der Waals surface area contributed by atoms with E-state index in [4.69, 9.17) is 0 Å². The van der Waals surface area contributed by atoms with Crippen LogP contribution in [0.25, 0.3) is 0 Å². The van der Waals surface area contributed by atoms with Crippen molar-refractivity contribution in [3.05, 3.63) is 27.8 Å². The van der Waals surface area contributed by atoms with Crippen LogP contribution >= 0.6 is 22.6 Å². The summed E-state index contributed by atoms with van der Waals surface area (Å²) >= 11 is 2.20. The van der Waals surface area contributed by atoms with Crippen molar-refractivity contribution in [3.8, 4) is 0 Å². The highest BCUT2D eigenvalue weighted by Crippen LogP contribution is 2.18. The van der Waals surface area contributed by atoms with Gasteiger partial charge in [-0.2, -0.15) is 0 Å². The summed E-state index contributed by atoms with van der Waals surface area (Å²) in [7, 11) is 0. The molecule has 1 N–H and O–H groups in total. The van der Waals surface area contributed by atoms with Crippen LogP contribution in [-0.4, -0.2) is 24.4 Å². The van der Waals surface area contributed by atoms with E-state index in [-0.39, 0.29) is 18.4 Å². The standard InChI is InChI=1S/C11H11IN2O2/c1-7-11(16)14(6-10(15)13-7)9-4-2-8(12)3-5-9/h2-5,7H,6H2,1H3,(H,13,15). The summed E-state index contributed by atoms with van der Waals surface area (Å²) in [5.41, 5.74) is 0.770. The molecule has 1 unspecified atom stereocenters. The van der Waals surface area contributed by atoms with E-state index < -0.39 is 6.04 Å². The van der Waals surface area contributed by atoms with E-state index in [0.717, 1.165) is 9.26 Å². The predicted octanol–water partition coefficient (Wildman–Crippen LogP) is 1.14. The minimum Gasteiger partial charge on any atom is -0.343 e. The molecular formula is C11H11IN2O2. The quantitative estimate of drug-likeness (QED) is 0.785. The van der Waals surface area contributed by atoms with E-state index in [2.05, 4.69) is 27.9 Å². The van der Waals surface area contributed by atoms with Crippen LogP contribution in [0.4, 0.5) is 5.69 Å². The van der Waals surface area contributed by atoms with Crippen molar-refractivity contribution in [2.24, 2.45) is 0 Å². The zero-order valence-electron chi connectivity index (χ0n) is 8.74. The van der Waals surface area contributed by atoms with Crippen LogP contribution in [0.3, 0.4) is 0 Å². The van der Waals surface area contributed by atoms with Gasteiger partial charge in [-0.25, -0.2) is 0 Å². The molecule has 2 amide bonds. The van der Waals surface area contributed by atoms with Crippen LogP contribution in [-0.2, 0) is 9.59 Å². The van der Waals surface area contributed by atoms with Gasteiger partial charge < -0.3 is 10.2 Å². The van der Waals surface area contributed by atoms with E-state index in [1.54, 1.807) is 6.92 Å². The summed E-state index contributed by atoms with van der Waals surface area (Å²) in [4.78, 5) is 24.7. The van der Waals surface area contributed by atoms with Crippen molar-refractivity contribution in [1.29, 1.82) is 0 Å². The van der Waals surface area contributed by atoms with Crippen molar-refractivity contribution in [2.45, 2.75) is 13.0 Å². The molecule has 16 heavy (non-hydrogen) atoms. The number of amides is 2. The van der Waals surface area contributed by atoms with Crippen LogP contribution < -0.4 is 10.2 Å². The first-order valence-electron chi connectivity index (χ1n) is 4.94. The number of hydrogen-bond donors (Lipinski definition) is 1. The number of hydrogen-bond acceptors (Lipinski definition) is 2. The van der Waals surface area contributed by atoms with Crippen molar-refractivity contribution < 1.29 is 9.59 Å². The van der Waals surface area contributed by atoms with Gasteiger partial charge in [0.25, 0.3) is 0 Å². The van der Waals surface area contributed by atoms with Gasteiger partial charge in [0.1, 0.15) is 12.6 Å². The van der Waals surface area contributed by atoms with Gasteiger partial charge >= 0.3 is 0 Å². The molecule has 0 spiro atoms. The Labute approximate surface area is 107 Å². The summed E-state index contributed by atoms with van der Waals surface area (Å²) < 4.78 is 1.10. The molecule has 0 aromatic heterocycles. The Kier molecular flexibility index (Phi) is 3.13. The first-order chi connectivity index (χ1) is 7.58. The van der Waals surface area contributed by atoms with Crippen LogP contribution in [0.2, 0.25) is 0 Å². The number of carbonyl (C=O) groups is 2. The molecule has 4 nitrogen and oxygen atoms in total. The number of piperazine rings is 1. The third kappa shape index (κ3) is 2.18. The monoisotopic (exact) mass is 330 g/mol. The molecule has 5 heteroatoms. The van der Waals surface area contributed by atoms with E-state index in [9.17, 15) is 9.59 Å². The summed E-state index contributed by atoms with van der Waals surface area (Å²) in [5.74, 6) is -0.188. The van der Waals surface area contributed by atoms with Gasteiger partial charge in [-0.05, 0) is 53.8 Å². The Morgan fingerprint density at radius 2 is 1.94 bits per heavy atom. The van der Waals surface area contributed by atoms with Gasteiger partial charge in [0.2, 0.25) is 11.8 Å². The minimum atomic E-state index is -0.444. The molecule has 1 atom stereocenters. The first-order valence-corrected chi connectivity index (χ1v) is 6.02. The van der Waals surface area contributed by atoms with Gasteiger partial charge in [-0.1, -0.05) is 0 Å². The van der Waals surface area contributed by atoms with Gasteiger partial charge in [0, 0.05) is 9.26 Å². The van der Waals surface area contributed by atoms with E-state index in [0.29, 0.717) is 0 Å². The third-order valence-corrected chi connectivity index (χ3v) is 3.17. The molecule has 0 bridgehead atoms. The SMILES string of the molecule is CC1NC(=O)CN(c2ccc(I)cc2)C1=O. The number of nitrogens with one attached hydrogen (secondary N) is 1. The Hall–Kier alpha value is -1.11. The maximum Gasteiger partial charge on any atom is 0.249 e. The Morgan fingerprint density at radius 3 is 2.56 bits per heavy atom. The predicted molar refractivity (Wildman–Crippen MR) is 69.1 cm³/mol. The van der Waals surface area contributed by atoms with Gasteiger partial charge in [0.15, 0.2) is 0 Å². The van der Waals surface area contributed by atoms with Gasteiger partial charge in [-0.15, -0.1) is 0 Å². The number of carbonyl (C=O) groups excluding carboxylic acids is 2. The summed E-state index contributed by atoms with van der Waals surface area (Å²) in [5, 5.41) is 2.61. The van der Waals surface area contributed by atoms with Gasteiger partial charge in [-0.3, -0.25) is 9.59 Å². The minimum absolute atomic E-state index is 0.0687. The second-order valence-corrected chi connectivity index (χ2v) is 4.94. The molecule has 0 radical (unpaired) electrons. The molecule has 1 saturated heterocycles. The van der Waals surface area contributed by atoms with E-state index in [1.165, 1.54) is 4.90 Å². The molecule has 2 rings (SSSR count). The smallest absolute Gasteiger partial charge is 0.249 e. The van der Waals surface area contributed by atoms with Crippen LogP contribution in [0.1, 0.15) is 6.92 Å². The highest BCUT2D eigenvalue weighted by Gasteiger charge is 2.30. The van der Waals surface area contributed by atoms with Crippen molar-refractivity contribution in [1.82, 2.24) is 5.32 Å². The van der Waals surface area contributed by atoms with Crippen LogP contribution in [0.15, 0.2) is 24.3 Å². The zero-order valence-corrected chi connectivity index (χ0v) is 10.9. The Bertz CT molecular complexity index is 430. The second-order valence-electron chi connectivity index (χ2n) is 3.69. The summed E-state index contributed by atoms with van der Waals surface area (Å²) in [6.07, 6.45) is 0. The molecule has 1 aliphatic heterocycles. The van der Waals surface area contributed by atoms with Gasteiger partial charge in [0.05, 0.1) is 0 Å². The number of anilines is 1. The Balaban J connectivity index is 2.28. The lowest BCUT2D eigenvalue weighted by Crippen LogP contribution is -2.57. The van der Waals surface area contributed by atoms with Crippen molar-refractivity contribution in [3.63, 3.8) is 0 Å². The maximum absolute atomic E-state index is 11.9. The highest BCUT2D eigenvalue weighted by molar-refractivity contribution is 14.1. The molecule has 84 valence electrons. The summed E-state index contributed by atoms with van der Waals surface area (Å²) in [6.45, 7) is 1.79. The molecule has 0 saturated carbocycles. The number of halogens is 1. The number of rotatable bonds is 1. The van der Waals surface area contributed by atoms with Crippen LogP contribution in [0.5, 0.6) is 0 Å². The zero-order chi connectivity index (χ0) is 11.7. The second kappa shape index (κ2) is 4.40. The lowest BCUT2D eigenvalue weighted by Gasteiger charge is -2.30. The van der Waals surface area contributed by atoms with Crippen molar-refractivity contribution >= 4 is 40.1 Å². The average Bonchev–Trinajstić information content (AvgIpc) is 2.25. The third-order valence-electron chi connectivity index (χ3n) is 2.45. The largest absolute Gasteiger partial charge is 0.343 e. The molecular weight excluding hydrogens is 319 g/mol. The fourth-order valence-corrected chi connectivity index (χ4v) is 2.00. The van der Waals surface area contributed by atoms with Crippen molar-refractivity contribution in [2.75, 3.05) is 11.4 Å². The number of nitrogens with zero attached hydrogens (tertiary/aromatic N) is 1. The molecule has 1 aliphatic rings. The topological polar surface area (TPSA) is 49.4 Å². The molecule has 1 fully saturated rings. The number of benzene rings is 1. The fourth-order valence-electron chi connectivity index (χ4n) is 1.64. The summed E-state index contributed by atoms with van der Waals surface area (Å²) in [6, 6.07) is 7.09. The average molecular weight is 330 g/mol. The molecule has 1 heterocycles. The molecule has 1 aromatic carbocycles. The van der Waals surface area contributed by atoms with E-state index >= 15 is 0 Å². The fraction of sp³-hybridized carbons (Fsp3) is 0.273. The highest BCUT2D eigenvalue weighted by atomic mass is 127. The van der Waals surface area contributed by atoms with Crippen LogP contribution in [0, 0.1) is 3.57 Å².